The average molecular weight is 890 g/mol. The number of benzene rings is 2. The zero-order valence-electron chi connectivity index (χ0n) is 32.0. The normalized spacial score (nSPS) is 24.0. The summed E-state index contributed by atoms with van der Waals surface area (Å²) in [5, 5.41) is 22.6. The number of hydrogen-bond donors (Lipinski definition) is 3. The molecule has 0 spiro atoms. The lowest BCUT2D eigenvalue weighted by atomic mass is 9.89. The fourth-order valence-electron chi connectivity index (χ4n) is 8.82. The Bertz CT molecular complexity index is 2810. The number of hydrogen-bond acceptors (Lipinski definition) is 9. The Morgan fingerprint density at radius 2 is 1.80 bits per heavy atom. The first-order valence-electron chi connectivity index (χ1n) is 19.0. The molecule has 3 fully saturated rings. The summed E-state index contributed by atoms with van der Waals surface area (Å²) in [6, 6.07) is 7.46. The van der Waals surface area contributed by atoms with E-state index in [1.54, 1.807) is 12.1 Å². The summed E-state index contributed by atoms with van der Waals surface area (Å²) < 4.78 is 129. The fraction of sp³-hybridized carbons (Fsp3) is 0.400. The highest BCUT2D eigenvalue weighted by molar-refractivity contribution is 7.92. The van der Waals surface area contributed by atoms with Crippen LogP contribution in [0.15, 0.2) is 42.5 Å². The minimum absolute atomic E-state index is 0.00883. The van der Waals surface area contributed by atoms with Crippen molar-refractivity contribution in [3.63, 3.8) is 0 Å². The van der Waals surface area contributed by atoms with E-state index in [0.717, 1.165) is 18.4 Å². The van der Waals surface area contributed by atoms with Crippen molar-refractivity contribution in [2.24, 2.45) is 18.9 Å². The lowest BCUT2D eigenvalue weighted by molar-refractivity contribution is -0.123. The maximum Gasteiger partial charge on any atom is 0.293 e. The number of halogens is 7. The monoisotopic (exact) mass is 889 g/mol. The predicted octanol–water partition coefficient (Wildman–Crippen LogP) is 5.86. The predicted molar refractivity (Wildman–Crippen MR) is 206 cm³/mol. The van der Waals surface area contributed by atoms with Gasteiger partial charge in [-0.2, -0.15) is 19.0 Å². The summed E-state index contributed by atoms with van der Waals surface area (Å²) in [5.41, 5.74) is -2.50. The minimum Gasteiger partial charge on any atom is -0.375 e. The molecule has 5 aromatic rings. The van der Waals surface area contributed by atoms with E-state index < -0.39 is 93.5 Å². The molecule has 3 N–H and O–H groups in total. The van der Waals surface area contributed by atoms with E-state index in [0.29, 0.717) is 34.9 Å². The standard InChI is InChI=1S/C40H34ClF6N7O6S/c1-53-34-23(5-6-27(41)31(34)37(51-53)52-61(2,57)58)22-4-3-21(7-9-39(56)17-60-38-25(39)8-10-59-38)48-32(22)28(13-18-11-19(42)14-20(43)12-18)49-29(55)16-54-35-30(33(50-54)36(44)45)24-15-26(24)40(35,46)47/h3-6,11-12,14,24-26,28,36,38,56H,8,10,13,15-17H2,1-2H3,(H,49,55)(H,51,52)/t24-,25+,26+,28-,38+,39?/m0/s1. The number of amides is 1. The Balaban J connectivity index is 1.19. The highest BCUT2D eigenvalue weighted by atomic mass is 35.5. The number of anilines is 1. The van der Waals surface area contributed by atoms with E-state index in [4.69, 9.17) is 26.1 Å². The highest BCUT2D eigenvalue weighted by Gasteiger charge is 2.67. The van der Waals surface area contributed by atoms with E-state index in [1.807, 2.05) is 0 Å². The topological polar surface area (TPSA) is 162 Å². The van der Waals surface area contributed by atoms with Crippen LogP contribution in [0.2, 0.25) is 5.02 Å². The van der Waals surface area contributed by atoms with Gasteiger partial charge in [0, 0.05) is 35.7 Å². The number of carbonyl (C=O) groups excluding carboxylic acids is 1. The molecule has 1 saturated carbocycles. The van der Waals surface area contributed by atoms with Crippen molar-refractivity contribution in [1.29, 1.82) is 0 Å². The van der Waals surface area contributed by atoms with Gasteiger partial charge in [-0.3, -0.25) is 18.9 Å². The second kappa shape index (κ2) is 14.7. The Kier molecular flexibility index (Phi) is 9.94. The first-order chi connectivity index (χ1) is 28.8. The number of aryl methyl sites for hydroxylation is 1. The summed E-state index contributed by atoms with van der Waals surface area (Å²) in [4.78, 5) is 18.9. The number of carbonyl (C=O) groups is 1. The van der Waals surface area contributed by atoms with E-state index in [2.05, 4.69) is 32.1 Å². The molecular weight excluding hydrogens is 856 g/mol. The number of sulfonamides is 1. The van der Waals surface area contributed by atoms with Gasteiger partial charge in [0.05, 0.1) is 53.0 Å². The summed E-state index contributed by atoms with van der Waals surface area (Å²) in [7, 11) is -2.33. The minimum atomic E-state index is -3.85. The van der Waals surface area contributed by atoms with Crippen LogP contribution in [-0.2, 0) is 50.2 Å². The van der Waals surface area contributed by atoms with Gasteiger partial charge in [-0.15, -0.1) is 0 Å². The van der Waals surface area contributed by atoms with Crippen molar-refractivity contribution in [2.75, 3.05) is 24.2 Å². The Morgan fingerprint density at radius 3 is 2.52 bits per heavy atom. The van der Waals surface area contributed by atoms with Crippen LogP contribution in [0.5, 0.6) is 0 Å². The number of aliphatic hydroxyl groups is 1. The Hall–Kier alpha value is -5.20. The third-order valence-electron chi connectivity index (χ3n) is 11.4. The van der Waals surface area contributed by atoms with Crippen molar-refractivity contribution in [2.45, 2.75) is 62.0 Å². The van der Waals surface area contributed by atoms with Gasteiger partial charge in [0.1, 0.15) is 35.3 Å². The zero-order chi connectivity index (χ0) is 43.3. The summed E-state index contributed by atoms with van der Waals surface area (Å²) in [6.07, 6.45) is -2.78. The molecule has 320 valence electrons. The quantitative estimate of drug-likeness (QED) is 0.115. The first kappa shape index (κ1) is 41.2. The van der Waals surface area contributed by atoms with Crippen molar-refractivity contribution in [3.8, 4) is 23.0 Å². The Labute approximate surface area is 348 Å². The number of ether oxygens (including phenoxy) is 2. The number of rotatable bonds is 10. The summed E-state index contributed by atoms with van der Waals surface area (Å²) in [5.74, 6) is -3.23. The van der Waals surface area contributed by atoms with Gasteiger partial charge in [-0.25, -0.2) is 31.0 Å². The van der Waals surface area contributed by atoms with Gasteiger partial charge in [0.25, 0.3) is 12.3 Å². The largest absolute Gasteiger partial charge is 0.375 e. The van der Waals surface area contributed by atoms with Gasteiger partial charge in [-0.1, -0.05) is 23.6 Å². The van der Waals surface area contributed by atoms with E-state index in [9.17, 15) is 35.9 Å². The van der Waals surface area contributed by atoms with Gasteiger partial charge >= 0.3 is 0 Å². The van der Waals surface area contributed by atoms with E-state index in [-0.39, 0.29) is 63.8 Å². The SMILES string of the molecule is Cn1nc(NS(C)(=O)=O)c2c(Cl)ccc(-c3ccc(C#CC4(O)CO[C@H]5OCC[C@H]54)nc3[C@H](Cc3cc(F)cc(F)c3)NC(=O)Cn3nc(C(F)F)c4c3C(F)(F)[C@@H]3C[C@H]43)c21. The number of fused-ring (bicyclic) bond motifs is 5. The summed E-state index contributed by atoms with van der Waals surface area (Å²) in [6.45, 7) is -0.729. The number of aromatic nitrogens is 5. The van der Waals surface area contributed by atoms with Crippen molar-refractivity contribution in [1.82, 2.24) is 29.9 Å². The molecule has 2 saturated heterocycles. The molecule has 61 heavy (non-hydrogen) atoms. The van der Waals surface area contributed by atoms with Crippen molar-refractivity contribution in [3.05, 3.63) is 93.0 Å². The molecular formula is C40H34ClF6N7O6S. The molecule has 13 nitrogen and oxygen atoms in total. The highest BCUT2D eigenvalue weighted by Crippen LogP contribution is 2.68. The molecule has 9 rings (SSSR count). The van der Waals surface area contributed by atoms with Gasteiger partial charge < -0.3 is 19.9 Å². The molecule has 3 aromatic heterocycles. The smallest absolute Gasteiger partial charge is 0.293 e. The maximum absolute atomic E-state index is 15.5. The van der Waals surface area contributed by atoms with Gasteiger partial charge in [0.2, 0.25) is 15.9 Å². The molecule has 4 aliphatic rings. The number of nitrogens with zero attached hydrogens (tertiary/aromatic N) is 5. The third kappa shape index (κ3) is 7.39. The van der Waals surface area contributed by atoms with Crippen molar-refractivity contribution < 1.29 is 54.1 Å². The van der Waals surface area contributed by atoms with E-state index >= 15 is 8.78 Å². The van der Waals surface area contributed by atoms with Crippen LogP contribution < -0.4 is 10.0 Å². The zero-order valence-corrected chi connectivity index (χ0v) is 33.6. The van der Waals surface area contributed by atoms with E-state index in [1.165, 1.54) is 23.9 Å². The lowest BCUT2D eigenvalue weighted by Crippen LogP contribution is -2.36. The molecule has 2 aliphatic heterocycles. The van der Waals surface area contributed by atoms with Crippen LogP contribution in [0.3, 0.4) is 0 Å². The molecule has 21 heteroatoms. The second-order valence-corrected chi connectivity index (χ2v) is 17.8. The number of nitrogens with one attached hydrogen (secondary N) is 2. The van der Waals surface area contributed by atoms with Crippen LogP contribution in [0.4, 0.5) is 32.2 Å². The second-order valence-electron chi connectivity index (χ2n) is 15.7. The van der Waals surface area contributed by atoms with Crippen LogP contribution in [0.1, 0.15) is 65.1 Å². The van der Waals surface area contributed by atoms with Crippen LogP contribution >= 0.6 is 11.6 Å². The maximum atomic E-state index is 15.5. The molecule has 1 unspecified atom stereocenters. The molecule has 0 bridgehead atoms. The van der Waals surface area contributed by atoms with Crippen LogP contribution in [-0.4, -0.2) is 75.3 Å². The first-order valence-corrected chi connectivity index (χ1v) is 21.2. The van der Waals surface area contributed by atoms with Gasteiger partial charge in [-0.05, 0) is 67.0 Å². The molecule has 2 aliphatic carbocycles. The molecule has 6 atom stereocenters. The van der Waals surface area contributed by atoms with Crippen LogP contribution in [0, 0.1) is 35.3 Å². The molecule has 1 amide bonds. The molecule has 0 radical (unpaired) electrons. The molecule has 5 heterocycles. The summed E-state index contributed by atoms with van der Waals surface area (Å²) >= 11 is 6.62. The van der Waals surface area contributed by atoms with Crippen LogP contribution in [0.25, 0.3) is 22.0 Å². The average Bonchev–Trinajstić information content (AvgIpc) is 3.43. The third-order valence-corrected chi connectivity index (χ3v) is 12.3. The number of alkyl halides is 4. The molecule has 2 aromatic carbocycles. The lowest BCUT2D eigenvalue weighted by Gasteiger charge is -2.23. The van der Waals surface area contributed by atoms with Crippen molar-refractivity contribution >= 4 is 44.3 Å². The Morgan fingerprint density at radius 1 is 1.07 bits per heavy atom. The van der Waals surface area contributed by atoms with Gasteiger partial charge in [0.15, 0.2) is 17.7 Å². The number of pyridine rings is 1. The fourth-order valence-corrected chi connectivity index (χ4v) is 9.56.